The molecule has 0 bridgehead atoms. The second-order valence-electron chi connectivity index (χ2n) is 6.40. The van der Waals surface area contributed by atoms with E-state index in [1.807, 2.05) is 11.9 Å². The van der Waals surface area contributed by atoms with Crippen LogP contribution in [-0.4, -0.2) is 35.2 Å². The van der Waals surface area contributed by atoms with Crippen LogP contribution in [0.3, 0.4) is 0 Å². The summed E-state index contributed by atoms with van der Waals surface area (Å²) in [6, 6.07) is 0. The monoisotopic (exact) mass is 359 g/mol. The molecule has 0 saturated heterocycles. The van der Waals surface area contributed by atoms with Gasteiger partial charge < -0.3 is 5.11 Å². The van der Waals surface area contributed by atoms with Crippen molar-refractivity contribution in [2.75, 3.05) is 18.9 Å². The normalized spacial score (nSPS) is 19.8. The van der Waals surface area contributed by atoms with Crippen molar-refractivity contribution in [3.8, 4) is 0 Å². The van der Waals surface area contributed by atoms with Crippen LogP contribution in [-0.2, 0) is 0 Å². The molecule has 1 aliphatic rings. The summed E-state index contributed by atoms with van der Waals surface area (Å²) in [5.74, 6) is 0. The second kappa shape index (κ2) is 12.7. The second-order valence-corrected chi connectivity index (χ2v) is 7.19. The number of hydrogen-bond donors (Lipinski definition) is 1. The Morgan fingerprint density at radius 1 is 1.00 bits per heavy atom. The van der Waals surface area contributed by atoms with E-state index >= 15 is 0 Å². The minimum absolute atomic E-state index is 0.321. The van der Waals surface area contributed by atoms with Crippen molar-refractivity contribution in [1.82, 2.24) is 4.90 Å². The highest BCUT2D eigenvalue weighted by molar-refractivity contribution is 9.09. The third-order valence-corrected chi connectivity index (χ3v) is 5.05. The van der Waals surface area contributed by atoms with Gasteiger partial charge in [0.05, 0.1) is 0 Å². The van der Waals surface area contributed by atoms with Gasteiger partial charge in [-0.05, 0) is 38.3 Å². The first-order valence-corrected chi connectivity index (χ1v) is 10.0. The smallest absolute Gasteiger partial charge is 0.129 e. The molecule has 0 spiro atoms. The van der Waals surface area contributed by atoms with Crippen molar-refractivity contribution in [1.29, 1.82) is 0 Å². The van der Waals surface area contributed by atoms with Crippen LogP contribution in [0.1, 0.15) is 77.0 Å². The topological polar surface area (TPSA) is 23.5 Å². The summed E-state index contributed by atoms with van der Waals surface area (Å²) in [5, 5.41) is 11.2. The molecule has 3 heteroatoms. The number of halogens is 1. The molecule has 0 saturated carbocycles. The molecule has 0 radical (unpaired) electrons. The summed E-state index contributed by atoms with van der Waals surface area (Å²) < 4.78 is 0. The SMILES string of the molecule is CN1CCC=C(CCCCCCCCCCCCBr)C1O. The molecule has 21 heavy (non-hydrogen) atoms. The highest BCUT2D eigenvalue weighted by atomic mass is 79.9. The van der Waals surface area contributed by atoms with Crippen LogP contribution in [0.15, 0.2) is 11.6 Å². The molecule has 0 aromatic heterocycles. The van der Waals surface area contributed by atoms with Crippen LogP contribution >= 0.6 is 15.9 Å². The summed E-state index contributed by atoms with van der Waals surface area (Å²) in [4.78, 5) is 2.05. The van der Waals surface area contributed by atoms with Gasteiger partial charge in [0.2, 0.25) is 0 Å². The molecule has 0 aromatic carbocycles. The van der Waals surface area contributed by atoms with E-state index in [2.05, 4.69) is 22.0 Å². The van der Waals surface area contributed by atoms with E-state index < -0.39 is 0 Å². The fraction of sp³-hybridized carbons (Fsp3) is 0.889. The molecule has 2 nitrogen and oxygen atoms in total. The van der Waals surface area contributed by atoms with Gasteiger partial charge in [0, 0.05) is 11.9 Å². The van der Waals surface area contributed by atoms with Crippen LogP contribution in [0.2, 0.25) is 0 Å². The molecule has 0 fully saturated rings. The highest BCUT2D eigenvalue weighted by Crippen LogP contribution is 2.20. The summed E-state index contributed by atoms with van der Waals surface area (Å²) >= 11 is 3.48. The molecule has 1 aliphatic heterocycles. The van der Waals surface area contributed by atoms with Gasteiger partial charge in [-0.15, -0.1) is 0 Å². The van der Waals surface area contributed by atoms with E-state index in [0.717, 1.165) is 24.7 Å². The number of aliphatic hydroxyl groups is 1. The van der Waals surface area contributed by atoms with Gasteiger partial charge in [0.25, 0.3) is 0 Å². The maximum Gasteiger partial charge on any atom is 0.129 e. The van der Waals surface area contributed by atoms with Crippen molar-refractivity contribution in [2.24, 2.45) is 0 Å². The summed E-state index contributed by atoms with van der Waals surface area (Å²) in [7, 11) is 2.01. The molecule has 1 atom stereocenters. The molecule has 1 heterocycles. The Kier molecular flexibility index (Phi) is 11.6. The van der Waals surface area contributed by atoms with Gasteiger partial charge in [0.1, 0.15) is 6.23 Å². The Bertz CT molecular complexity index is 280. The van der Waals surface area contributed by atoms with Crippen LogP contribution in [0.25, 0.3) is 0 Å². The minimum Gasteiger partial charge on any atom is -0.374 e. The molecule has 0 aromatic rings. The zero-order valence-electron chi connectivity index (χ0n) is 13.8. The fourth-order valence-electron chi connectivity index (χ4n) is 3.03. The number of aliphatic hydroxyl groups excluding tert-OH is 1. The molecule has 1 unspecified atom stereocenters. The zero-order chi connectivity index (χ0) is 15.3. The quantitative estimate of drug-likeness (QED) is 0.292. The van der Waals surface area contributed by atoms with Crippen molar-refractivity contribution in [3.05, 3.63) is 11.6 Å². The van der Waals surface area contributed by atoms with Gasteiger partial charge in [-0.25, -0.2) is 0 Å². The van der Waals surface area contributed by atoms with E-state index in [-0.39, 0.29) is 6.23 Å². The Morgan fingerprint density at radius 2 is 1.52 bits per heavy atom. The Balaban J connectivity index is 1.88. The third-order valence-electron chi connectivity index (χ3n) is 4.49. The lowest BCUT2D eigenvalue weighted by Crippen LogP contribution is -2.36. The van der Waals surface area contributed by atoms with Crippen molar-refractivity contribution in [2.45, 2.75) is 83.3 Å². The first-order chi connectivity index (χ1) is 10.3. The fourth-order valence-corrected chi connectivity index (χ4v) is 3.43. The third kappa shape index (κ3) is 9.00. The van der Waals surface area contributed by atoms with Gasteiger partial charge in [0.15, 0.2) is 0 Å². The van der Waals surface area contributed by atoms with E-state index in [0.29, 0.717) is 0 Å². The van der Waals surface area contributed by atoms with Gasteiger partial charge in [-0.3, -0.25) is 4.90 Å². The van der Waals surface area contributed by atoms with Gasteiger partial charge in [-0.2, -0.15) is 0 Å². The molecule has 0 aliphatic carbocycles. The summed E-state index contributed by atoms with van der Waals surface area (Å²) in [6.45, 7) is 0.986. The lowest BCUT2D eigenvalue weighted by molar-refractivity contribution is 0.0438. The number of likely N-dealkylation sites (N-methyl/N-ethyl adjacent to an activating group) is 1. The van der Waals surface area contributed by atoms with Gasteiger partial charge >= 0.3 is 0 Å². The Labute approximate surface area is 140 Å². The number of rotatable bonds is 12. The first-order valence-electron chi connectivity index (χ1n) is 8.89. The lowest BCUT2D eigenvalue weighted by Gasteiger charge is -2.29. The van der Waals surface area contributed by atoms with Crippen molar-refractivity contribution < 1.29 is 5.11 Å². The molecular formula is C18H34BrNO. The van der Waals surface area contributed by atoms with Crippen LogP contribution < -0.4 is 0 Å². The van der Waals surface area contributed by atoms with Crippen LogP contribution in [0.5, 0.6) is 0 Å². The van der Waals surface area contributed by atoms with E-state index in [1.54, 1.807) is 0 Å². The van der Waals surface area contributed by atoms with Crippen LogP contribution in [0.4, 0.5) is 0 Å². The average Bonchev–Trinajstić information content (AvgIpc) is 2.49. The lowest BCUT2D eigenvalue weighted by atomic mass is 10.00. The highest BCUT2D eigenvalue weighted by Gasteiger charge is 2.18. The Morgan fingerprint density at radius 3 is 2.10 bits per heavy atom. The minimum atomic E-state index is -0.321. The average molecular weight is 360 g/mol. The molecule has 1 rings (SSSR count). The number of alkyl halides is 1. The largest absolute Gasteiger partial charge is 0.374 e. The number of hydrogen-bond acceptors (Lipinski definition) is 2. The number of nitrogens with zero attached hydrogens (tertiary/aromatic N) is 1. The molecule has 0 amide bonds. The Hall–Kier alpha value is 0.140. The first kappa shape index (κ1) is 19.2. The predicted octanol–water partition coefficient (Wildman–Crippen LogP) is 5.25. The van der Waals surface area contributed by atoms with Crippen molar-refractivity contribution >= 4 is 15.9 Å². The van der Waals surface area contributed by atoms with E-state index in [9.17, 15) is 5.11 Å². The zero-order valence-corrected chi connectivity index (χ0v) is 15.4. The summed E-state index contributed by atoms with van der Waals surface area (Å²) in [5.41, 5.74) is 1.25. The van der Waals surface area contributed by atoms with E-state index in [4.69, 9.17) is 0 Å². The maximum atomic E-state index is 10.1. The number of unbranched alkanes of at least 4 members (excludes halogenated alkanes) is 9. The van der Waals surface area contributed by atoms with Gasteiger partial charge in [-0.1, -0.05) is 73.4 Å². The molecule has 1 N–H and O–H groups in total. The summed E-state index contributed by atoms with van der Waals surface area (Å²) in [6.07, 6.45) is 17.8. The maximum absolute atomic E-state index is 10.1. The molecule has 124 valence electrons. The van der Waals surface area contributed by atoms with E-state index in [1.165, 1.54) is 69.8 Å². The van der Waals surface area contributed by atoms with Crippen molar-refractivity contribution in [3.63, 3.8) is 0 Å². The predicted molar refractivity (Wildman–Crippen MR) is 95.9 cm³/mol. The standard InChI is InChI=1S/C18H34BrNO/c1-20-16-12-14-17(18(20)21)13-10-8-6-4-2-3-5-7-9-11-15-19/h14,18,21H,2-13,15-16H2,1H3. The van der Waals surface area contributed by atoms with Crippen LogP contribution in [0, 0.1) is 0 Å². The molecular weight excluding hydrogens is 326 g/mol.